The molecule has 1 saturated heterocycles. The normalized spacial score (nSPS) is 18.4. The Balaban J connectivity index is 1.79. The van der Waals surface area contributed by atoms with E-state index in [1.165, 1.54) is 0 Å². The molecule has 1 aromatic rings. The van der Waals surface area contributed by atoms with E-state index in [9.17, 15) is 13.2 Å². The van der Waals surface area contributed by atoms with Crippen LogP contribution in [0.2, 0.25) is 0 Å². The molecule has 0 aromatic heterocycles. The van der Waals surface area contributed by atoms with Crippen molar-refractivity contribution in [1.29, 1.82) is 0 Å². The van der Waals surface area contributed by atoms with Gasteiger partial charge in [0, 0.05) is 25.7 Å². The smallest absolute Gasteiger partial charge is 0.317 e. The van der Waals surface area contributed by atoms with E-state index in [0.717, 1.165) is 11.3 Å². The fourth-order valence-electron chi connectivity index (χ4n) is 3.05. The average molecular weight is 398 g/mol. The van der Waals surface area contributed by atoms with E-state index in [1.54, 1.807) is 4.90 Å². The number of amides is 2. The van der Waals surface area contributed by atoms with Crippen LogP contribution in [-0.2, 0) is 9.84 Å². The van der Waals surface area contributed by atoms with Gasteiger partial charge >= 0.3 is 6.03 Å². The molecule has 0 radical (unpaired) electrons. The lowest BCUT2D eigenvalue weighted by Gasteiger charge is -2.29. The minimum absolute atomic E-state index is 0.0598. The van der Waals surface area contributed by atoms with Crippen molar-refractivity contribution in [3.8, 4) is 5.75 Å². The van der Waals surface area contributed by atoms with Crippen molar-refractivity contribution in [3.63, 3.8) is 0 Å². The summed E-state index contributed by atoms with van der Waals surface area (Å²) in [5, 5.41) is 2.91. The molecule has 0 aliphatic carbocycles. The van der Waals surface area contributed by atoms with Crippen molar-refractivity contribution in [2.24, 2.45) is 0 Å². The van der Waals surface area contributed by atoms with Crippen LogP contribution in [0.4, 0.5) is 4.79 Å². The second-order valence-corrected chi connectivity index (χ2v) is 9.48. The molecular formula is C19H31N3O4S. The fraction of sp³-hybridized carbons (Fsp3) is 0.632. The van der Waals surface area contributed by atoms with Gasteiger partial charge in [0.1, 0.15) is 5.75 Å². The number of nitrogens with one attached hydrogen (secondary N) is 1. The van der Waals surface area contributed by atoms with Gasteiger partial charge in [-0.3, -0.25) is 0 Å². The van der Waals surface area contributed by atoms with Gasteiger partial charge in [-0.05, 0) is 45.5 Å². The quantitative estimate of drug-likeness (QED) is 0.639. The predicted molar refractivity (Wildman–Crippen MR) is 107 cm³/mol. The summed E-state index contributed by atoms with van der Waals surface area (Å²) in [7, 11) is 0.838. The number of carbonyl (C=O) groups excluding carboxylic acids is 1. The molecular weight excluding hydrogens is 366 g/mol. The molecule has 1 heterocycles. The summed E-state index contributed by atoms with van der Waals surface area (Å²) in [6, 6.07) is 7.39. The Morgan fingerprint density at radius 1 is 1.26 bits per heavy atom. The molecule has 27 heavy (non-hydrogen) atoms. The standard InChI is InChI=1S/C19H31N3O4S/c1-16-7-4-5-8-18(16)26-13-6-10-20-19(23)22(12-11-21(2)3)17-9-14-27(24,25)15-17/h4-5,7-8,17H,6,9-15H2,1-3H3,(H,20,23). The second kappa shape index (κ2) is 9.94. The Labute approximate surface area is 162 Å². The van der Waals surface area contributed by atoms with E-state index in [0.29, 0.717) is 39.1 Å². The van der Waals surface area contributed by atoms with E-state index in [2.05, 4.69) is 5.32 Å². The van der Waals surface area contributed by atoms with Gasteiger partial charge in [-0.15, -0.1) is 0 Å². The summed E-state index contributed by atoms with van der Waals surface area (Å²) >= 11 is 0. The summed E-state index contributed by atoms with van der Waals surface area (Å²) in [6.07, 6.45) is 1.20. The molecule has 1 atom stereocenters. The molecule has 2 rings (SSSR count). The fourth-order valence-corrected chi connectivity index (χ4v) is 4.78. The van der Waals surface area contributed by atoms with Crippen molar-refractivity contribution >= 4 is 15.9 Å². The minimum atomic E-state index is -3.03. The van der Waals surface area contributed by atoms with Gasteiger partial charge in [-0.25, -0.2) is 13.2 Å². The van der Waals surface area contributed by atoms with Gasteiger partial charge in [0.25, 0.3) is 0 Å². The van der Waals surface area contributed by atoms with E-state index in [-0.39, 0.29) is 23.6 Å². The predicted octanol–water partition coefficient (Wildman–Crippen LogP) is 1.52. The Morgan fingerprint density at radius 3 is 2.63 bits per heavy atom. The number of nitrogens with zero attached hydrogens (tertiary/aromatic N) is 2. The SMILES string of the molecule is Cc1ccccc1OCCCNC(=O)N(CCN(C)C)C1CCS(=O)(=O)C1. The van der Waals surface area contributed by atoms with Crippen molar-refractivity contribution in [2.45, 2.75) is 25.8 Å². The topological polar surface area (TPSA) is 79.0 Å². The number of carbonyl (C=O) groups is 1. The monoisotopic (exact) mass is 397 g/mol. The highest BCUT2D eigenvalue weighted by atomic mass is 32.2. The Morgan fingerprint density at radius 2 is 2.00 bits per heavy atom. The third-order valence-electron chi connectivity index (χ3n) is 4.65. The van der Waals surface area contributed by atoms with Crippen molar-refractivity contribution in [1.82, 2.24) is 15.1 Å². The molecule has 8 heteroatoms. The zero-order chi connectivity index (χ0) is 19.9. The highest BCUT2D eigenvalue weighted by Gasteiger charge is 2.34. The summed E-state index contributed by atoms with van der Waals surface area (Å²) < 4.78 is 29.3. The number of sulfone groups is 1. The van der Waals surface area contributed by atoms with Crippen molar-refractivity contribution in [2.75, 3.05) is 51.8 Å². The highest BCUT2D eigenvalue weighted by Crippen LogP contribution is 2.18. The largest absolute Gasteiger partial charge is 0.493 e. The molecule has 0 saturated carbocycles. The Hall–Kier alpha value is -1.80. The lowest BCUT2D eigenvalue weighted by Crippen LogP contribution is -2.49. The maximum absolute atomic E-state index is 12.6. The molecule has 1 aromatic carbocycles. The number of para-hydroxylation sites is 1. The average Bonchev–Trinajstić information content (AvgIpc) is 2.95. The first kappa shape index (κ1) is 21.5. The number of benzene rings is 1. The summed E-state index contributed by atoms with van der Waals surface area (Å²) in [4.78, 5) is 16.3. The Kier molecular flexibility index (Phi) is 7.91. The van der Waals surface area contributed by atoms with Crippen LogP contribution < -0.4 is 10.1 Å². The van der Waals surface area contributed by atoms with E-state index in [1.807, 2.05) is 50.2 Å². The third kappa shape index (κ3) is 7.03. The van der Waals surface area contributed by atoms with E-state index < -0.39 is 9.84 Å². The van der Waals surface area contributed by atoms with Gasteiger partial charge in [0.05, 0.1) is 18.1 Å². The molecule has 0 spiro atoms. The minimum Gasteiger partial charge on any atom is -0.493 e. The zero-order valence-electron chi connectivity index (χ0n) is 16.5. The number of aryl methyl sites for hydroxylation is 1. The zero-order valence-corrected chi connectivity index (χ0v) is 17.3. The molecule has 1 N–H and O–H groups in total. The van der Waals surface area contributed by atoms with Crippen LogP contribution in [0.5, 0.6) is 5.75 Å². The highest BCUT2D eigenvalue weighted by molar-refractivity contribution is 7.91. The van der Waals surface area contributed by atoms with Crippen LogP contribution in [0.15, 0.2) is 24.3 Å². The van der Waals surface area contributed by atoms with Crippen molar-refractivity contribution < 1.29 is 17.9 Å². The first-order chi connectivity index (χ1) is 12.8. The van der Waals surface area contributed by atoms with E-state index >= 15 is 0 Å². The van der Waals surface area contributed by atoms with E-state index in [4.69, 9.17) is 4.74 Å². The van der Waals surface area contributed by atoms with Crippen LogP contribution in [0.1, 0.15) is 18.4 Å². The molecule has 1 unspecified atom stereocenters. The number of urea groups is 1. The molecule has 152 valence electrons. The lowest BCUT2D eigenvalue weighted by molar-refractivity contribution is 0.172. The van der Waals surface area contributed by atoms with Gasteiger partial charge < -0.3 is 19.9 Å². The van der Waals surface area contributed by atoms with Crippen LogP contribution in [-0.4, -0.2) is 82.1 Å². The molecule has 1 aliphatic heterocycles. The number of ether oxygens (including phenoxy) is 1. The molecule has 0 bridgehead atoms. The molecule has 1 aliphatic rings. The maximum Gasteiger partial charge on any atom is 0.317 e. The van der Waals surface area contributed by atoms with Crippen LogP contribution in [0.3, 0.4) is 0 Å². The first-order valence-electron chi connectivity index (χ1n) is 9.36. The van der Waals surface area contributed by atoms with Gasteiger partial charge in [-0.2, -0.15) is 0 Å². The second-order valence-electron chi connectivity index (χ2n) is 7.25. The number of likely N-dealkylation sites (N-methyl/N-ethyl adjacent to an activating group) is 1. The number of hydrogen-bond donors (Lipinski definition) is 1. The first-order valence-corrected chi connectivity index (χ1v) is 11.2. The summed E-state index contributed by atoms with van der Waals surface area (Å²) in [5.74, 6) is 1.07. The van der Waals surface area contributed by atoms with Crippen LogP contribution in [0.25, 0.3) is 0 Å². The lowest BCUT2D eigenvalue weighted by atomic mass is 10.2. The number of hydrogen-bond acceptors (Lipinski definition) is 5. The van der Waals surface area contributed by atoms with Gasteiger partial charge in [0.15, 0.2) is 9.84 Å². The molecule has 1 fully saturated rings. The number of rotatable bonds is 9. The molecule has 7 nitrogen and oxygen atoms in total. The molecule has 2 amide bonds. The summed E-state index contributed by atoms with van der Waals surface area (Å²) in [6.45, 7) is 4.21. The van der Waals surface area contributed by atoms with Crippen molar-refractivity contribution in [3.05, 3.63) is 29.8 Å². The van der Waals surface area contributed by atoms with Gasteiger partial charge in [0.2, 0.25) is 0 Å². The van der Waals surface area contributed by atoms with Crippen LogP contribution in [0, 0.1) is 6.92 Å². The third-order valence-corrected chi connectivity index (χ3v) is 6.40. The summed E-state index contributed by atoms with van der Waals surface area (Å²) in [5.41, 5.74) is 1.08. The van der Waals surface area contributed by atoms with Crippen LogP contribution >= 0.6 is 0 Å². The maximum atomic E-state index is 12.6. The van der Waals surface area contributed by atoms with Gasteiger partial charge in [-0.1, -0.05) is 18.2 Å². The Bertz CT molecular complexity index is 721.